The molecule has 0 aliphatic rings. The average molecular weight is 232 g/mol. The van der Waals surface area contributed by atoms with E-state index in [1.54, 1.807) is 0 Å². The Morgan fingerprint density at radius 2 is 2.06 bits per heavy atom. The SMILES string of the molecule is CCCCOC(=O)CC(N)(CCO)C(N)=O. The van der Waals surface area contributed by atoms with Crippen LogP contribution >= 0.6 is 0 Å². The molecule has 1 unspecified atom stereocenters. The van der Waals surface area contributed by atoms with Crippen LogP contribution in [-0.2, 0) is 14.3 Å². The zero-order chi connectivity index (χ0) is 12.6. The van der Waals surface area contributed by atoms with E-state index in [-0.39, 0.29) is 19.4 Å². The summed E-state index contributed by atoms with van der Waals surface area (Å²) in [5.41, 5.74) is 9.18. The summed E-state index contributed by atoms with van der Waals surface area (Å²) >= 11 is 0. The Morgan fingerprint density at radius 3 is 2.50 bits per heavy atom. The molecule has 0 aliphatic heterocycles. The molecule has 0 aromatic carbocycles. The Kier molecular flexibility index (Phi) is 6.67. The van der Waals surface area contributed by atoms with Gasteiger partial charge in [-0.2, -0.15) is 0 Å². The molecule has 0 aromatic rings. The fourth-order valence-electron chi connectivity index (χ4n) is 1.14. The number of esters is 1. The van der Waals surface area contributed by atoms with Crippen LogP contribution in [0.3, 0.4) is 0 Å². The Bertz CT molecular complexity index is 245. The van der Waals surface area contributed by atoms with Crippen molar-refractivity contribution in [3.63, 3.8) is 0 Å². The maximum atomic E-state index is 11.3. The molecule has 0 radical (unpaired) electrons. The molecule has 94 valence electrons. The predicted octanol–water partition coefficient (Wildman–Crippen LogP) is -0.715. The van der Waals surface area contributed by atoms with E-state index in [1.165, 1.54) is 0 Å². The lowest BCUT2D eigenvalue weighted by Crippen LogP contribution is -2.54. The highest BCUT2D eigenvalue weighted by atomic mass is 16.5. The zero-order valence-corrected chi connectivity index (χ0v) is 9.57. The molecule has 0 bridgehead atoms. The third kappa shape index (κ3) is 5.09. The molecule has 0 fully saturated rings. The second-order valence-electron chi connectivity index (χ2n) is 3.74. The summed E-state index contributed by atoms with van der Waals surface area (Å²) in [4.78, 5) is 22.4. The number of hydrogen-bond acceptors (Lipinski definition) is 5. The summed E-state index contributed by atoms with van der Waals surface area (Å²) < 4.78 is 4.87. The van der Waals surface area contributed by atoms with Gasteiger partial charge in [-0.05, 0) is 12.8 Å². The number of ether oxygens (including phenoxy) is 1. The smallest absolute Gasteiger partial charge is 0.308 e. The first-order valence-corrected chi connectivity index (χ1v) is 5.31. The number of nitrogens with two attached hydrogens (primary N) is 2. The number of primary amides is 1. The monoisotopic (exact) mass is 232 g/mol. The van der Waals surface area contributed by atoms with Crippen molar-refractivity contribution in [3.05, 3.63) is 0 Å². The quantitative estimate of drug-likeness (QED) is 0.377. The average Bonchev–Trinajstić information content (AvgIpc) is 2.18. The topological polar surface area (TPSA) is 116 Å². The molecule has 16 heavy (non-hydrogen) atoms. The molecule has 0 aromatic heterocycles. The molecule has 0 spiro atoms. The highest BCUT2D eigenvalue weighted by molar-refractivity contribution is 5.89. The van der Waals surface area contributed by atoms with E-state index in [4.69, 9.17) is 21.3 Å². The third-order valence-corrected chi connectivity index (χ3v) is 2.27. The third-order valence-electron chi connectivity index (χ3n) is 2.27. The van der Waals surface area contributed by atoms with Gasteiger partial charge < -0.3 is 21.3 Å². The predicted molar refractivity (Wildman–Crippen MR) is 58.3 cm³/mol. The molecule has 6 heteroatoms. The first-order valence-electron chi connectivity index (χ1n) is 5.31. The van der Waals surface area contributed by atoms with Crippen LogP contribution in [0.2, 0.25) is 0 Å². The van der Waals surface area contributed by atoms with E-state index in [2.05, 4.69) is 0 Å². The van der Waals surface area contributed by atoms with E-state index in [1.807, 2.05) is 6.92 Å². The number of aliphatic hydroxyl groups excluding tert-OH is 1. The number of carbonyl (C=O) groups is 2. The first kappa shape index (κ1) is 14.9. The molecular formula is C10H20N2O4. The second kappa shape index (κ2) is 7.19. The Balaban J connectivity index is 4.19. The summed E-state index contributed by atoms with van der Waals surface area (Å²) in [6.07, 6.45) is 1.32. The van der Waals surface area contributed by atoms with Gasteiger partial charge in [0, 0.05) is 6.61 Å². The van der Waals surface area contributed by atoms with Crippen molar-refractivity contribution >= 4 is 11.9 Å². The fraction of sp³-hybridized carbons (Fsp3) is 0.800. The summed E-state index contributed by atoms with van der Waals surface area (Å²) in [5.74, 6) is -1.38. The lowest BCUT2D eigenvalue weighted by Gasteiger charge is -2.23. The van der Waals surface area contributed by atoms with Crippen LogP contribution in [0.25, 0.3) is 0 Å². The highest BCUT2D eigenvalue weighted by Gasteiger charge is 2.34. The summed E-state index contributed by atoms with van der Waals surface area (Å²) in [5, 5.41) is 8.74. The van der Waals surface area contributed by atoms with Crippen molar-refractivity contribution in [1.29, 1.82) is 0 Å². The molecule has 6 nitrogen and oxygen atoms in total. The minimum atomic E-state index is -1.52. The van der Waals surface area contributed by atoms with Crippen molar-refractivity contribution in [3.8, 4) is 0 Å². The van der Waals surface area contributed by atoms with E-state index in [9.17, 15) is 9.59 Å². The second-order valence-corrected chi connectivity index (χ2v) is 3.74. The van der Waals surface area contributed by atoms with Crippen LogP contribution in [0.4, 0.5) is 0 Å². The van der Waals surface area contributed by atoms with E-state index >= 15 is 0 Å². The molecule has 0 heterocycles. The number of hydrogen-bond donors (Lipinski definition) is 3. The van der Waals surface area contributed by atoms with Crippen molar-refractivity contribution in [2.24, 2.45) is 11.5 Å². The molecule has 0 aliphatic carbocycles. The number of carbonyl (C=O) groups excluding carboxylic acids is 2. The minimum Gasteiger partial charge on any atom is -0.466 e. The molecule has 0 saturated carbocycles. The van der Waals surface area contributed by atoms with Crippen LogP contribution in [0.1, 0.15) is 32.6 Å². The van der Waals surface area contributed by atoms with Crippen LogP contribution in [0, 0.1) is 0 Å². The number of aliphatic hydroxyl groups is 1. The maximum Gasteiger partial charge on any atom is 0.308 e. The first-order chi connectivity index (χ1) is 7.46. The Morgan fingerprint density at radius 1 is 1.44 bits per heavy atom. The van der Waals surface area contributed by atoms with Gasteiger partial charge in [0.05, 0.1) is 13.0 Å². The number of rotatable bonds is 8. The summed E-state index contributed by atoms with van der Waals surface area (Å²) in [6, 6.07) is 0. The van der Waals surface area contributed by atoms with E-state index < -0.39 is 17.4 Å². The number of unbranched alkanes of at least 4 members (excludes halogenated alkanes) is 1. The molecule has 1 amide bonds. The minimum absolute atomic E-state index is 0.0504. The lowest BCUT2D eigenvalue weighted by atomic mass is 9.92. The van der Waals surface area contributed by atoms with Gasteiger partial charge in [-0.25, -0.2) is 0 Å². The fourth-order valence-corrected chi connectivity index (χ4v) is 1.14. The molecule has 1 atom stereocenters. The van der Waals surface area contributed by atoms with Crippen molar-refractivity contribution in [1.82, 2.24) is 0 Å². The van der Waals surface area contributed by atoms with Crippen LogP contribution < -0.4 is 11.5 Å². The van der Waals surface area contributed by atoms with Gasteiger partial charge in [0.1, 0.15) is 5.54 Å². The van der Waals surface area contributed by atoms with Crippen LogP contribution in [-0.4, -0.2) is 35.7 Å². The van der Waals surface area contributed by atoms with Gasteiger partial charge in [-0.3, -0.25) is 9.59 Å². The number of amides is 1. The van der Waals surface area contributed by atoms with Gasteiger partial charge in [-0.15, -0.1) is 0 Å². The molecular weight excluding hydrogens is 212 g/mol. The standard InChI is InChI=1S/C10H20N2O4/c1-2-3-6-16-8(14)7-10(12,4-5-13)9(11)15/h13H,2-7,12H2,1H3,(H2,11,15). The van der Waals surface area contributed by atoms with Crippen molar-refractivity contribution < 1.29 is 19.4 Å². The van der Waals surface area contributed by atoms with Gasteiger partial charge in [0.2, 0.25) is 5.91 Å². The van der Waals surface area contributed by atoms with Gasteiger partial charge in [0.25, 0.3) is 0 Å². The normalized spacial score (nSPS) is 14.2. The Hall–Kier alpha value is -1.14. The lowest BCUT2D eigenvalue weighted by molar-refractivity contribution is -0.147. The highest BCUT2D eigenvalue weighted by Crippen LogP contribution is 2.12. The van der Waals surface area contributed by atoms with E-state index in [0.29, 0.717) is 6.61 Å². The largest absolute Gasteiger partial charge is 0.466 e. The molecule has 5 N–H and O–H groups in total. The van der Waals surface area contributed by atoms with Crippen LogP contribution in [0.5, 0.6) is 0 Å². The van der Waals surface area contributed by atoms with Gasteiger partial charge >= 0.3 is 5.97 Å². The van der Waals surface area contributed by atoms with Crippen LogP contribution in [0.15, 0.2) is 0 Å². The Labute approximate surface area is 94.9 Å². The van der Waals surface area contributed by atoms with Crippen molar-refractivity contribution in [2.45, 2.75) is 38.1 Å². The maximum absolute atomic E-state index is 11.3. The molecule has 0 rings (SSSR count). The van der Waals surface area contributed by atoms with Gasteiger partial charge in [0.15, 0.2) is 0 Å². The summed E-state index contributed by atoms with van der Waals surface area (Å²) in [6.45, 7) is 1.97. The zero-order valence-electron chi connectivity index (χ0n) is 9.57. The van der Waals surface area contributed by atoms with Crippen molar-refractivity contribution in [2.75, 3.05) is 13.2 Å². The molecule has 0 saturated heterocycles. The van der Waals surface area contributed by atoms with Gasteiger partial charge in [-0.1, -0.05) is 13.3 Å². The summed E-state index contributed by atoms with van der Waals surface area (Å²) in [7, 11) is 0. The van der Waals surface area contributed by atoms with E-state index in [0.717, 1.165) is 12.8 Å².